The van der Waals surface area contributed by atoms with Crippen molar-refractivity contribution in [1.82, 2.24) is 15.0 Å². The molecular weight excluding hydrogens is 332 g/mol. The predicted molar refractivity (Wildman–Crippen MR) is 68.5 cm³/mol. The molecule has 2 rings (SSSR count). The van der Waals surface area contributed by atoms with Crippen molar-refractivity contribution in [3.8, 4) is 5.69 Å². The zero-order chi connectivity index (χ0) is 12.4. The Labute approximate surface area is 116 Å². The van der Waals surface area contributed by atoms with Gasteiger partial charge in [-0.1, -0.05) is 16.8 Å². The van der Waals surface area contributed by atoms with Crippen LogP contribution in [0.3, 0.4) is 0 Å². The molecular formula is C10H7BrCl2FN3. The molecule has 0 N–H and O–H groups in total. The van der Waals surface area contributed by atoms with E-state index in [4.69, 9.17) is 23.2 Å². The van der Waals surface area contributed by atoms with Crippen LogP contribution in [0.4, 0.5) is 4.39 Å². The van der Waals surface area contributed by atoms with Gasteiger partial charge in [-0.15, -0.1) is 16.7 Å². The summed E-state index contributed by atoms with van der Waals surface area (Å²) in [5, 5.41) is 8.13. The van der Waals surface area contributed by atoms with E-state index in [1.54, 1.807) is 6.20 Å². The first-order chi connectivity index (χ1) is 8.11. The number of hydrogen-bond acceptors (Lipinski definition) is 2. The highest BCUT2D eigenvalue weighted by atomic mass is 79.9. The topological polar surface area (TPSA) is 30.7 Å². The molecule has 0 bridgehead atoms. The Morgan fingerprint density at radius 2 is 2.18 bits per heavy atom. The summed E-state index contributed by atoms with van der Waals surface area (Å²) in [6, 6.07) is 2.55. The van der Waals surface area contributed by atoms with Gasteiger partial charge >= 0.3 is 0 Å². The Hall–Kier alpha value is -0.650. The summed E-state index contributed by atoms with van der Waals surface area (Å²) in [6.45, 7) is 0. The van der Waals surface area contributed by atoms with Crippen LogP contribution in [0.1, 0.15) is 5.69 Å². The second kappa shape index (κ2) is 5.33. The molecule has 0 saturated carbocycles. The van der Waals surface area contributed by atoms with Crippen molar-refractivity contribution in [3.63, 3.8) is 0 Å². The quantitative estimate of drug-likeness (QED) is 0.800. The maximum atomic E-state index is 13.1. The highest BCUT2D eigenvalue weighted by Gasteiger charge is 2.12. The summed E-state index contributed by atoms with van der Waals surface area (Å²) in [6.07, 6.45) is 2.34. The predicted octanol–water partition coefficient (Wildman–Crippen LogP) is 3.60. The number of benzene rings is 1. The van der Waals surface area contributed by atoms with Gasteiger partial charge in [0.15, 0.2) is 0 Å². The molecule has 3 nitrogen and oxygen atoms in total. The molecule has 0 unspecified atom stereocenters. The van der Waals surface area contributed by atoms with Crippen molar-refractivity contribution in [2.24, 2.45) is 0 Å². The molecule has 0 fully saturated rings. The molecule has 0 saturated heterocycles. The van der Waals surface area contributed by atoms with Crippen molar-refractivity contribution in [1.29, 1.82) is 0 Å². The molecule has 7 heteroatoms. The average molecular weight is 339 g/mol. The van der Waals surface area contributed by atoms with Crippen LogP contribution in [0.5, 0.6) is 0 Å². The van der Waals surface area contributed by atoms with E-state index in [9.17, 15) is 4.39 Å². The second-order valence-corrected chi connectivity index (χ2v) is 4.95. The van der Waals surface area contributed by atoms with E-state index in [1.165, 1.54) is 16.8 Å². The third-order valence-electron chi connectivity index (χ3n) is 2.10. The Kier molecular flexibility index (Phi) is 4.01. The fourth-order valence-electron chi connectivity index (χ4n) is 1.37. The maximum absolute atomic E-state index is 13.1. The van der Waals surface area contributed by atoms with Gasteiger partial charge in [-0.05, 0) is 28.1 Å². The lowest BCUT2D eigenvalue weighted by Crippen LogP contribution is -1.98. The molecule has 1 heterocycles. The van der Waals surface area contributed by atoms with Gasteiger partial charge in [0.2, 0.25) is 0 Å². The number of rotatable bonds is 3. The summed E-state index contributed by atoms with van der Waals surface area (Å²) in [5.74, 6) is 0.0588. The van der Waals surface area contributed by atoms with Crippen LogP contribution in [-0.2, 0) is 6.42 Å². The second-order valence-electron chi connectivity index (χ2n) is 3.31. The summed E-state index contributed by atoms with van der Waals surface area (Å²) in [4.78, 5) is 0. The average Bonchev–Trinajstić information content (AvgIpc) is 2.65. The van der Waals surface area contributed by atoms with E-state index in [-0.39, 0.29) is 5.02 Å². The summed E-state index contributed by atoms with van der Waals surface area (Å²) in [5.41, 5.74) is 1.31. The van der Waals surface area contributed by atoms with Crippen molar-refractivity contribution >= 4 is 39.1 Å². The van der Waals surface area contributed by atoms with E-state index in [1.807, 2.05) is 0 Å². The fraction of sp³-hybridized carbons (Fsp3) is 0.200. The lowest BCUT2D eigenvalue weighted by atomic mass is 10.3. The number of halogens is 4. The zero-order valence-corrected chi connectivity index (χ0v) is 11.6. The van der Waals surface area contributed by atoms with Crippen molar-refractivity contribution in [2.75, 3.05) is 5.88 Å². The first-order valence-corrected chi connectivity index (χ1v) is 6.44. The lowest BCUT2D eigenvalue weighted by Gasteiger charge is -2.06. The normalized spacial score (nSPS) is 10.8. The minimum atomic E-state index is -0.410. The summed E-state index contributed by atoms with van der Waals surface area (Å²) in [7, 11) is 0. The fourth-order valence-corrected chi connectivity index (χ4v) is 2.59. The van der Waals surface area contributed by atoms with Gasteiger partial charge in [-0.3, -0.25) is 0 Å². The molecule has 17 heavy (non-hydrogen) atoms. The first-order valence-electron chi connectivity index (χ1n) is 4.74. The summed E-state index contributed by atoms with van der Waals surface area (Å²) >= 11 is 14.8. The van der Waals surface area contributed by atoms with Gasteiger partial charge in [0.25, 0.3) is 0 Å². The van der Waals surface area contributed by atoms with E-state index < -0.39 is 5.82 Å². The minimum absolute atomic E-state index is 0.263. The Bertz CT molecular complexity index is 521. The van der Waals surface area contributed by atoms with Crippen molar-refractivity contribution in [2.45, 2.75) is 6.42 Å². The number of hydrogen-bond donors (Lipinski definition) is 0. The molecule has 0 atom stereocenters. The van der Waals surface area contributed by atoms with Crippen LogP contribution in [0.2, 0.25) is 5.02 Å². The van der Waals surface area contributed by atoms with Gasteiger partial charge in [0, 0.05) is 16.8 Å². The van der Waals surface area contributed by atoms with E-state index in [0.717, 1.165) is 5.69 Å². The zero-order valence-electron chi connectivity index (χ0n) is 8.50. The molecule has 0 aliphatic carbocycles. The van der Waals surface area contributed by atoms with Gasteiger partial charge in [0.05, 0.1) is 22.6 Å². The van der Waals surface area contributed by atoms with Gasteiger partial charge in [-0.25, -0.2) is 9.07 Å². The van der Waals surface area contributed by atoms with Crippen LogP contribution >= 0.6 is 39.1 Å². The van der Waals surface area contributed by atoms with E-state index in [0.29, 0.717) is 22.5 Å². The molecule has 90 valence electrons. The van der Waals surface area contributed by atoms with Crippen molar-refractivity contribution in [3.05, 3.63) is 39.3 Å². The Morgan fingerprint density at radius 1 is 1.41 bits per heavy atom. The Balaban J connectivity index is 2.45. The van der Waals surface area contributed by atoms with E-state index >= 15 is 0 Å². The third-order valence-corrected chi connectivity index (χ3v) is 3.18. The molecule has 0 aliphatic heterocycles. The van der Waals surface area contributed by atoms with Gasteiger partial charge in [0.1, 0.15) is 5.82 Å². The van der Waals surface area contributed by atoms with Crippen LogP contribution in [0.25, 0.3) is 5.69 Å². The van der Waals surface area contributed by atoms with E-state index in [2.05, 4.69) is 26.2 Å². The standard InChI is InChI=1S/C10H7BrCl2FN3/c11-8-3-6(14)4-9(13)10(8)17-5-7(1-2-12)15-16-17/h3-5H,1-2H2. The maximum Gasteiger partial charge on any atom is 0.125 e. The number of nitrogens with zero attached hydrogens (tertiary/aromatic N) is 3. The smallest absolute Gasteiger partial charge is 0.125 e. The number of alkyl halides is 1. The molecule has 0 amide bonds. The lowest BCUT2D eigenvalue weighted by molar-refractivity contribution is 0.625. The molecule has 0 spiro atoms. The SMILES string of the molecule is Fc1cc(Cl)c(-n2cc(CCCl)nn2)c(Br)c1. The highest BCUT2D eigenvalue weighted by Crippen LogP contribution is 2.29. The molecule has 0 aliphatic rings. The molecule has 1 aromatic carbocycles. The molecule has 2 aromatic rings. The largest absolute Gasteiger partial charge is 0.218 e. The number of aromatic nitrogens is 3. The van der Waals surface area contributed by atoms with Gasteiger partial charge in [-0.2, -0.15) is 0 Å². The van der Waals surface area contributed by atoms with Gasteiger partial charge < -0.3 is 0 Å². The summed E-state index contributed by atoms with van der Waals surface area (Å²) < 4.78 is 15.1. The highest BCUT2D eigenvalue weighted by molar-refractivity contribution is 9.10. The monoisotopic (exact) mass is 337 g/mol. The van der Waals surface area contributed by atoms with Crippen molar-refractivity contribution < 1.29 is 4.39 Å². The van der Waals surface area contributed by atoms with Crippen LogP contribution in [-0.4, -0.2) is 20.9 Å². The first kappa shape index (κ1) is 12.8. The minimum Gasteiger partial charge on any atom is -0.218 e. The molecule has 0 radical (unpaired) electrons. The van der Waals surface area contributed by atoms with Crippen LogP contribution in [0.15, 0.2) is 22.8 Å². The third kappa shape index (κ3) is 2.78. The van der Waals surface area contributed by atoms with Crippen LogP contribution < -0.4 is 0 Å². The molecule has 1 aromatic heterocycles. The van der Waals surface area contributed by atoms with Crippen LogP contribution in [0, 0.1) is 5.82 Å². The number of aryl methyl sites for hydroxylation is 1. The Morgan fingerprint density at radius 3 is 2.82 bits per heavy atom.